The molecular formula is C20H26O3. The highest BCUT2D eigenvalue weighted by Crippen LogP contribution is 2.32. The van der Waals surface area contributed by atoms with E-state index in [1.54, 1.807) is 0 Å². The Bertz CT molecular complexity index is 635. The van der Waals surface area contributed by atoms with Gasteiger partial charge in [-0.15, -0.1) is 0 Å². The second kappa shape index (κ2) is 8.47. The summed E-state index contributed by atoms with van der Waals surface area (Å²) >= 11 is 0. The van der Waals surface area contributed by atoms with E-state index in [9.17, 15) is 0 Å². The van der Waals surface area contributed by atoms with Crippen LogP contribution < -0.4 is 14.2 Å². The Labute approximate surface area is 139 Å². The molecule has 0 fully saturated rings. The predicted molar refractivity (Wildman–Crippen MR) is 93.9 cm³/mol. The van der Waals surface area contributed by atoms with Crippen molar-refractivity contribution in [2.75, 3.05) is 19.8 Å². The van der Waals surface area contributed by atoms with Gasteiger partial charge in [-0.05, 0) is 37.1 Å². The Morgan fingerprint density at radius 3 is 2.30 bits per heavy atom. The standard InChI is InChI=1S/C9H10O2.C9H10O.C2H6/c1-7-3-2-4-8-9(7)11-6-5-10-8;1-7-2-3-9-8(6-7)4-5-10-9;1-2/h2-4H,5-6H2,1H3;2-3,6H,4-5H2,1H3;1-2H3. The molecule has 3 nitrogen and oxygen atoms in total. The molecule has 23 heavy (non-hydrogen) atoms. The van der Waals surface area contributed by atoms with Gasteiger partial charge in [-0.3, -0.25) is 0 Å². The molecule has 3 heteroatoms. The van der Waals surface area contributed by atoms with Crippen LogP contribution in [-0.2, 0) is 6.42 Å². The normalized spacial score (nSPS) is 13.6. The van der Waals surface area contributed by atoms with Crippen LogP contribution in [0.1, 0.15) is 30.5 Å². The Kier molecular flexibility index (Phi) is 6.33. The summed E-state index contributed by atoms with van der Waals surface area (Å²) < 4.78 is 16.2. The minimum absolute atomic E-state index is 0.663. The first-order valence-electron chi connectivity index (χ1n) is 8.31. The molecule has 0 atom stereocenters. The maximum absolute atomic E-state index is 5.43. The summed E-state index contributed by atoms with van der Waals surface area (Å²) in [7, 11) is 0. The van der Waals surface area contributed by atoms with Crippen molar-refractivity contribution in [2.45, 2.75) is 34.1 Å². The fraction of sp³-hybridized carbons (Fsp3) is 0.400. The summed E-state index contributed by atoms with van der Waals surface area (Å²) in [5.41, 5.74) is 3.83. The van der Waals surface area contributed by atoms with Crippen molar-refractivity contribution in [1.82, 2.24) is 0 Å². The van der Waals surface area contributed by atoms with Gasteiger partial charge in [-0.2, -0.15) is 0 Å². The number of benzene rings is 2. The van der Waals surface area contributed by atoms with Crippen molar-refractivity contribution in [3.05, 3.63) is 53.1 Å². The zero-order chi connectivity index (χ0) is 16.7. The molecule has 0 unspecified atom stereocenters. The van der Waals surface area contributed by atoms with E-state index < -0.39 is 0 Å². The van der Waals surface area contributed by atoms with E-state index in [1.807, 2.05) is 39.0 Å². The van der Waals surface area contributed by atoms with Crippen LogP contribution >= 0.6 is 0 Å². The van der Waals surface area contributed by atoms with Crippen LogP contribution in [0.25, 0.3) is 0 Å². The Morgan fingerprint density at radius 1 is 0.783 bits per heavy atom. The molecule has 0 amide bonds. The number of aryl methyl sites for hydroxylation is 2. The Hall–Kier alpha value is -2.16. The molecule has 2 aromatic rings. The first kappa shape index (κ1) is 17.2. The zero-order valence-corrected chi connectivity index (χ0v) is 14.5. The minimum Gasteiger partial charge on any atom is -0.493 e. The molecule has 0 N–H and O–H groups in total. The van der Waals surface area contributed by atoms with Gasteiger partial charge in [0.15, 0.2) is 11.5 Å². The topological polar surface area (TPSA) is 27.7 Å². The van der Waals surface area contributed by atoms with Crippen molar-refractivity contribution >= 4 is 0 Å². The molecule has 0 radical (unpaired) electrons. The number of hydrogen-bond donors (Lipinski definition) is 0. The summed E-state index contributed by atoms with van der Waals surface area (Å²) in [4.78, 5) is 0. The van der Waals surface area contributed by atoms with Gasteiger partial charge in [0.05, 0.1) is 6.61 Å². The summed E-state index contributed by atoms with van der Waals surface area (Å²) in [5, 5.41) is 0. The molecule has 2 heterocycles. The van der Waals surface area contributed by atoms with Crippen LogP contribution in [0, 0.1) is 13.8 Å². The lowest BCUT2D eigenvalue weighted by molar-refractivity contribution is 0.170. The molecular weight excluding hydrogens is 288 g/mol. The average Bonchev–Trinajstić information content (AvgIpc) is 3.05. The number of para-hydroxylation sites is 1. The fourth-order valence-corrected chi connectivity index (χ4v) is 2.53. The van der Waals surface area contributed by atoms with Gasteiger partial charge in [0.1, 0.15) is 19.0 Å². The van der Waals surface area contributed by atoms with Crippen LogP contribution in [-0.4, -0.2) is 19.8 Å². The molecule has 0 saturated heterocycles. The lowest BCUT2D eigenvalue weighted by atomic mass is 10.1. The van der Waals surface area contributed by atoms with Gasteiger partial charge in [-0.1, -0.05) is 43.7 Å². The van der Waals surface area contributed by atoms with E-state index in [2.05, 4.69) is 25.1 Å². The number of rotatable bonds is 0. The van der Waals surface area contributed by atoms with Crippen LogP contribution in [0.15, 0.2) is 36.4 Å². The van der Waals surface area contributed by atoms with E-state index in [-0.39, 0.29) is 0 Å². The highest BCUT2D eigenvalue weighted by molar-refractivity contribution is 5.46. The third-order valence-corrected chi connectivity index (χ3v) is 3.61. The van der Waals surface area contributed by atoms with Crippen molar-refractivity contribution in [2.24, 2.45) is 0 Å². The molecule has 0 bridgehead atoms. The Balaban J connectivity index is 0.000000152. The van der Waals surface area contributed by atoms with E-state index in [0.29, 0.717) is 13.2 Å². The van der Waals surface area contributed by atoms with Crippen molar-refractivity contribution in [3.8, 4) is 17.2 Å². The third kappa shape index (κ3) is 4.41. The van der Waals surface area contributed by atoms with Gasteiger partial charge in [-0.25, -0.2) is 0 Å². The lowest BCUT2D eigenvalue weighted by Crippen LogP contribution is -2.15. The van der Waals surface area contributed by atoms with Gasteiger partial charge >= 0.3 is 0 Å². The van der Waals surface area contributed by atoms with Crippen molar-refractivity contribution < 1.29 is 14.2 Å². The highest BCUT2D eigenvalue weighted by atomic mass is 16.6. The summed E-state index contributed by atoms with van der Waals surface area (Å²) in [5.74, 6) is 2.85. The van der Waals surface area contributed by atoms with Gasteiger partial charge in [0.2, 0.25) is 0 Å². The molecule has 2 aromatic carbocycles. The fourth-order valence-electron chi connectivity index (χ4n) is 2.53. The molecule has 2 aliphatic heterocycles. The largest absolute Gasteiger partial charge is 0.493 e. The van der Waals surface area contributed by atoms with E-state index >= 15 is 0 Å². The Morgan fingerprint density at radius 2 is 1.52 bits per heavy atom. The molecule has 0 aliphatic carbocycles. The summed E-state index contributed by atoms with van der Waals surface area (Å²) in [6.45, 7) is 10.3. The minimum atomic E-state index is 0.663. The monoisotopic (exact) mass is 314 g/mol. The number of hydrogen-bond acceptors (Lipinski definition) is 3. The van der Waals surface area contributed by atoms with Gasteiger partial charge in [0.25, 0.3) is 0 Å². The third-order valence-electron chi connectivity index (χ3n) is 3.61. The molecule has 0 spiro atoms. The molecule has 4 rings (SSSR count). The first-order valence-corrected chi connectivity index (χ1v) is 8.31. The van der Waals surface area contributed by atoms with Gasteiger partial charge in [0, 0.05) is 6.42 Å². The van der Waals surface area contributed by atoms with Crippen LogP contribution in [0.2, 0.25) is 0 Å². The van der Waals surface area contributed by atoms with E-state index in [0.717, 1.165) is 35.8 Å². The second-order valence-corrected chi connectivity index (χ2v) is 5.31. The van der Waals surface area contributed by atoms with Crippen molar-refractivity contribution in [3.63, 3.8) is 0 Å². The smallest absolute Gasteiger partial charge is 0.164 e. The molecule has 0 aromatic heterocycles. The van der Waals surface area contributed by atoms with E-state index in [1.165, 1.54) is 11.1 Å². The van der Waals surface area contributed by atoms with Crippen LogP contribution in [0.3, 0.4) is 0 Å². The van der Waals surface area contributed by atoms with Gasteiger partial charge < -0.3 is 14.2 Å². The second-order valence-electron chi connectivity index (χ2n) is 5.31. The lowest BCUT2D eigenvalue weighted by Gasteiger charge is -2.19. The number of fused-ring (bicyclic) bond motifs is 2. The SMILES string of the molecule is CC.Cc1ccc2c(c1)CCO2.Cc1cccc2c1OCCO2. The number of ether oxygens (including phenoxy) is 3. The maximum Gasteiger partial charge on any atom is 0.164 e. The summed E-state index contributed by atoms with van der Waals surface area (Å²) in [6, 6.07) is 12.3. The first-order chi connectivity index (χ1) is 11.2. The summed E-state index contributed by atoms with van der Waals surface area (Å²) in [6.07, 6.45) is 1.08. The average molecular weight is 314 g/mol. The molecule has 124 valence electrons. The van der Waals surface area contributed by atoms with Crippen LogP contribution in [0.5, 0.6) is 17.2 Å². The quantitative estimate of drug-likeness (QED) is 0.704. The van der Waals surface area contributed by atoms with Crippen LogP contribution in [0.4, 0.5) is 0 Å². The molecule has 0 saturated carbocycles. The maximum atomic E-state index is 5.43. The molecule has 2 aliphatic rings. The predicted octanol–water partition coefficient (Wildman–Crippen LogP) is 4.72. The highest BCUT2D eigenvalue weighted by Gasteiger charge is 2.12. The zero-order valence-electron chi connectivity index (χ0n) is 14.5. The van der Waals surface area contributed by atoms with E-state index in [4.69, 9.17) is 14.2 Å². The van der Waals surface area contributed by atoms with Crippen molar-refractivity contribution in [1.29, 1.82) is 0 Å².